The Hall–Kier alpha value is -2.85. The van der Waals surface area contributed by atoms with Gasteiger partial charge in [-0.05, 0) is 90.4 Å². The highest BCUT2D eigenvalue weighted by atomic mass is 16.6. The molecule has 2 aliphatic carbocycles. The largest absolute Gasteiger partial charge is 0.483 e. The van der Waals surface area contributed by atoms with E-state index in [2.05, 4.69) is 42.5 Å². The molecule has 52 heavy (non-hydrogen) atoms. The number of hydrogen-bond acceptors (Lipinski definition) is 8. The van der Waals surface area contributed by atoms with Crippen LogP contribution in [0, 0.1) is 5.92 Å². The number of unbranched alkanes of at least 4 members (excludes halogenated alkanes) is 10. The third-order valence-corrected chi connectivity index (χ3v) is 12.1. The second kappa shape index (κ2) is 18.0. The number of carbonyl (C=O) groups excluding carboxylic acids is 3. The maximum absolute atomic E-state index is 14.1. The fourth-order valence-electron chi connectivity index (χ4n) is 9.46. The molecule has 7 atom stereocenters. The average Bonchev–Trinajstić information content (AvgIpc) is 3.45. The zero-order valence-corrected chi connectivity index (χ0v) is 32.9. The van der Waals surface area contributed by atoms with Crippen LogP contribution in [0.3, 0.4) is 0 Å². The Labute approximate surface area is 312 Å². The van der Waals surface area contributed by atoms with Crippen molar-refractivity contribution in [2.24, 2.45) is 5.92 Å². The molecule has 1 spiro atoms. The molecule has 2 unspecified atom stereocenters. The number of benzene rings is 1. The number of alkyl carbamates (subject to hydrolysis) is 1. The van der Waals surface area contributed by atoms with Gasteiger partial charge in [0.2, 0.25) is 5.91 Å². The molecule has 1 saturated heterocycles. The SMILES string of the molecule is CCCCCCCCC(NC(=O)OC(C)(C)C)C(=O)NC(CCCCCCCC)C(=O)Oc1ccc2c3c1O[C@H]1[C@@H](O)CC[C@H]4[C@@H](C2)N(C)CC[C@@]341. The number of likely N-dealkylation sites (tertiary alicyclic amines) is 1. The summed E-state index contributed by atoms with van der Waals surface area (Å²) in [5.74, 6) is 0.362. The van der Waals surface area contributed by atoms with Crippen LogP contribution in [-0.2, 0) is 26.2 Å². The number of aliphatic hydroxyl groups is 1. The van der Waals surface area contributed by atoms with Gasteiger partial charge in [0.1, 0.15) is 23.8 Å². The molecule has 0 aromatic heterocycles. The number of piperidine rings is 1. The van der Waals surface area contributed by atoms with E-state index in [1.807, 2.05) is 6.07 Å². The van der Waals surface area contributed by atoms with Crippen molar-refractivity contribution < 1.29 is 33.7 Å². The quantitative estimate of drug-likeness (QED) is 0.0761. The van der Waals surface area contributed by atoms with Gasteiger partial charge in [-0.25, -0.2) is 9.59 Å². The number of ether oxygens (including phenoxy) is 3. The third-order valence-electron chi connectivity index (χ3n) is 12.1. The lowest BCUT2D eigenvalue weighted by molar-refractivity contribution is -0.140. The van der Waals surface area contributed by atoms with Gasteiger partial charge in [0.25, 0.3) is 0 Å². The van der Waals surface area contributed by atoms with Crippen molar-refractivity contribution in [2.75, 3.05) is 13.6 Å². The van der Waals surface area contributed by atoms with E-state index in [1.54, 1.807) is 20.8 Å². The molecule has 2 bridgehead atoms. The molecule has 2 aliphatic heterocycles. The number of aliphatic hydroxyl groups excluding tert-OH is 1. The van der Waals surface area contributed by atoms with Gasteiger partial charge in [-0.15, -0.1) is 0 Å². The fraction of sp³-hybridized carbons (Fsp3) is 0.786. The van der Waals surface area contributed by atoms with E-state index in [0.29, 0.717) is 42.7 Å². The smallest absolute Gasteiger partial charge is 0.408 e. The Morgan fingerprint density at radius 1 is 0.923 bits per heavy atom. The molecule has 5 rings (SSSR count). The second-order valence-electron chi connectivity index (χ2n) is 17.1. The lowest BCUT2D eigenvalue weighted by atomic mass is 9.51. The number of esters is 1. The van der Waals surface area contributed by atoms with Crippen molar-refractivity contribution in [1.82, 2.24) is 15.5 Å². The molecule has 2 amide bonds. The summed E-state index contributed by atoms with van der Waals surface area (Å²) in [5.41, 5.74) is 1.33. The molecular weight excluding hydrogens is 658 g/mol. The molecule has 292 valence electrons. The van der Waals surface area contributed by atoms with Crippen molar-refractivity contribution in [3.05, 3.63) is 23.3 Å². The first kappa shape index (κ1) is 40.3. The van der Waals surface area contributed by atoms with E-state index in [1.165, 1.54) is 18.4 Å². The zero-order valence-electron chi connectivity index (χ0n) is 32.9. The summed E-state index contributed by atoms with van der Waals surface area (Å²) in [6.45, 7) is 10.7. The highest BCUT2D eigenvalue weighted by molar-refractivity contribution is 5.90. The lowest BCUT2D eigenvalue weighted by Gasteiger charge is -2.58. The first-order valence-electron chi connectivity index (χ1n) is 20.6. The standard InChI is InChI=1S/C42H67N3O7/c1-7-9-11-13-15-17-19-30(44-40(49)52-41(3,4)5)38(47)43-31(20-18-16-14-12-10-8-2)39(48)50-34-24-21-28-27-32-29-22-23-33(46)37-42(29,25-26-45(32)6)35(28)36(34)51-37/h21,24,29-33,37,46H,7-20,22-23,25-27H2,1-6H3,(H,43,47)(H,44,49)/t29-,30?,31?,32+,33-,37-,42-/m0/s1. The monoisotopic (exact) mass is 725 g/mol. The summed E-state index contributed by atoms with van der Waals surface area (Å²) in [4.78, 5) is 43.4. The summed E-state index contributed by atoms with van der Waals surface area (Å²) < 4.78 is 18.4. The van der Waals surface area contributed by atoms with Crippen LogP contribution in [0.25, 0.3) is 0 Å². The van der Waals surface area contributed by atoms with Crippen LogP contribution < -0.4 is 20.1 Å². The highest BCUT2D eigenvalue weighted by Crippen LogP contribution is 2.63. The van der Waals surface area contributed by atoms with Gasteiger partial charge in [-0.1, -0.05) is 97.0 Å². The maximum Gasteiger partial charge on any atom is 0.408 e. The van der Waals surface area contributed by atoms with E-state index in [0.717, 1.165) is 95.6 Å². The molecule has 1 aromatic rings. The molecular formula is C42H67N3O7. The number of rotatable bonds is 19. The number of nitrogens with one attached hydrogen (secondary N) is 2. The van der Waals surface area contributed by atoms with Crippen molar-refractivity contribution in [1.29, 1.82) is 0 Å². The predicted molar refractivity (Wildman–Crippen MR) is 203 cm³/mol. The summed E-state index contributed by atoms with van der Waals surface area (Å²) in [6, 6.07) is 2.55. The summed E-state index contributed by atoms with van der Waals surface area (Å²) in [6.07, 6.45) is 15.2. The van der Waals surface area contributed by atoms with E-state index < -0.39 is 41.8 Å². The van der Waals surface area contributed by atoms with Crippen LogP contribution in [0.5, 0.6) is 11.5 Å². The normalized spacial score (nSPS) is 25.8. The molecule has 4 aliphatic rings. The fourth-order valence-corrected chi connectivity index (χ4v) is 9.46. The van der Waals surface area contributed by atoms with E-state index in [9.17, 15) is 19.5 Å². The molecule has 1 aromatic carbocycles. The third kappa shape index (κ3) is 9.26. The Morgan fingerprint density at radius 3 is 2.21 bits per heavy atom. The van der Waals surface area contributed by atoms with Crippen molar-refractivity contribution in [3.63, 3.8) is 0 Å². The summed E-state index contributed by atoms with van der Waals surface area (Å²) in [5, 5.41) is 17.0. The van der Waals surface area contributed by atoms with Crippen LogP contribution in [0.2, 0.25) is 0 Å². The van der Waals surface area contributed by atoms with Gasteiger partial charge in [0.15, 0.2) is 11.5 Å². The molecule has 3 N–H and O–H groups in total. The van der Waals surface area contributed by atoms with Gasteiger partial charge in [-0.3, -0.25) is 4.79 Å². The molecule has 1 saturated carbocycles. The van der Waals surface area contributed by atoms with Crippen LogP contribution in [0.1, 0.15) is 155 Å². The number of amides is 2. The van der Waals surface area contributed by atoms with E-state index in [-0.39, 0.29) is 11.5 Å². The van der Waals surface area contributed by atoms with Gasteiger partial charge in [0, 0.05) is 17.0 Å². The Kier molecular flexibility index (Phi) is 14.0. The minimum atomic E-state index is -0.901. The number of likely N-dealkylation sites (N-methyl/N-ethyl adjacent to an activating group) is 1. The average molecular weight is 726 g/mol. The Bertz CT molecular complexity index is 1380. The zero-order chi connectivity index (χ0) is 37.5. The van der Waals surface area contributed by atoms with Crippen molar-refractivity contribution in [3.8, 4) is 11.5 Å². The van der Waals surface area contributed by atoms with Gasteiger partial charge < -0.3 is 34.9 Å². The van der Waals surface area contributed by atoms with Gasteiger partial charge in [-0.2, -0.15) is 0 Å². The molecule has 10 nitrogen and oxygen atoms in total. The van der Waals surface area contributed by atoms with Gasteiger partial charge >= 0.3 is 12.1 Å². The Morgan fingerprint density at radius 2 is 1.56 bits per heavy atom. The number of carbonyl (C=O) groups is 3. The van der Waals surface area contributed by atoms with E-state index >= 15 is 0 Å². The number of hydrogen-bond donors (Lipinski definition) is 3. The minimum Gasteiger partial charge on any atom is -0.483 e. The van der Waals surface area contributed by atoms with Crippen LogP contribution >= 0.6 is 0 Å². The van der Waals surface area contributed by atoms with Crippen LogP contribution in [-0.4, -0.2) is 77.5 Å². The highest BCUT2D eigenvalue weighted by Gasteiger charge is 2.65. The van der Waals surface area contributed by atoms with Crippen molar-refractivity contribution in [2.45, 2.75) is 192 Å². The van der Waals surface area contributed by atoms with Crippen LogP contribution in [0.4, 0.5) is 4.79 Å². The topological polar surface area (TPSA) is 126 Å². The second-order valence-corrected chi connectivity index (χ2v) is 17.1. The maximum atomic E-state index is 14.1. The molecule has 0 radical (unpaired) electrons. The summed E-state index contributed by atoms with van der Waals surface area (Å²) in [7, 11) is 2.20. The summed E-state index contributed by atoms with van der Waals surface area (Å²) >= 11 is 0. The van der Waals surface area contributed by atoms with Gasteiger partial charge in [0.05, 0.1) is 6.10 Å². The van der Waals surface area contributed by atoms with E-state index in [4.69, 9.17) is 14.2 Å². The van der Waals surface area contributed by atoms with Crippen molar-refractivity contribution >= 4 is 18.0 Å². The molecule has 2 heterocycles. The predicted octanol–water partition coefficient (Wildman–Crippen LogP) is 7.50. The first-order valence-corrected chi connectivity index (χ1v) is 20.6. The minimum absolute atomic E-state index is 0.288. The Balaban J connectivity index is 1.34. The van der Waals surface area contributed by atoms with Crippen LogP contribution in [0.15, 0.2) is 12.1 Å². The number of nitrogens with zero attached hydrogens (tertiary/aromatic N) is 1. The lowest BCUT2D eigenvalue weighted by Crippen LogP contribution is -2.66. The molecule has 2 fully saturated rings. The first-order chi connectivity index (χ1) is 24.9. The molecule has 10 heteroatoms.